The molecule has 33 heavy (non-hydrogen) atoms. The predicted octanol–water partition coefficient (Wildman–Crippen LogP) is 3.14. The Morgan fingerprint density at radius 3 is 2.61 bits per heavy atom. The molecule has 184 valence electrons. The molecule has 2 heterocycles. The summed E-state index contributed by atoms with van der Waals surface area (Å²) in [6, 6.07) is 6.48. The van der Waals surface area contributed by atoms with Crippen molar-refractivity contribution < 1.29 is 19.1 Å². The molecule has 2 aliphatic rings. The van der Waals surface area contributed by atoms with E-state index in [2.05, 4.69) is 36.2 Å². The van der Waals surface area contributed by atoms with Crippen LogP contribution in [0.15, 0.2) is 18.2 Å². The van der Waals surface area contributed by atoms with E-state index < -0.39 is 0 Å². The molecule has 1 aromatic rings. The number of benzene rings is 1. The minimum absolute atomic E-state index is 0.0705. The molecule has 0 aliphatic carbocycles. The summed E-state index contributed by atoms with van der Waals surface area (Å²) in [6.07, 6.45) is 4.30. The standard InChI is InChI=1S/C26H41N3O4/c1-19(2)28-17-23-14-22(9-11-26(31)29-15-20(3)33-21(4)16-29)8-10-24(23)32-13-7-5-6-12-27-25(30)18-28/h8,10,14,19-21H,5-7,9,11-13,15-18H2,1-4H3,(H,27,30). The van der Waals surface area contributed by atoms with Crippen LogP contribution in [0.4, 0.5) is 0 Å². The van der Waals surface area contributed by atoms with E-state index in [4.69, 9.17) is 9.47 Å². The number of rotatable bonds is 4. The first-order valence-electron chi connectivity index (χ1n) is 12.5. The molecule has 0 radical (unpaired) electrons. The summed E-state index contributed by atoms with van der Waals surface area (Å²) in [6.45, 7) is 12.0. The molecule has 7 heteroatoms. The highest BCUT2D eigenvalue weighted by Crippen LogP contribution is 2.25. The lowest BCUT2D eigenvalue weighted by Crippen LogP contribution is -2.48. The predicted molar refractivity (Wildman–Crippen MR) is 129 cm³/mol. The van der Waals surface area contributed by atoms with Crippen LogP contribution in [-0.4, -0.2) is 72.6 Å². The van der Waals surface area contributed by atoms with E-state index >= 15 is 0 Å². The zero-order valence-electron chi connectivity index (χ0n) is 20.8. The first-order valence-corrected chi connectivity index (χ1v) is 12.5. The summed E-state index contributed by atoms with van der Waals surface area (Å²) in [7, 11) is 0. The molecule has 1 saturated heterocycles. The first kappa shape index (κ1) is 25.5. The van der Waals surface area contributed by atoms with Gasteiger partial charge >= 0.3 is 0 Å². The molecule has 0 saturated carbocycles. The molecule has 1 aromatic carbocycles. The minimum atomic E-state index is 0.0705. The van der Waals surface area contributed by atoms with E-state index in [1.807, 2.05) is 24.8 Å². The number of carbonyl (C=O) groups is 2. The van der Waals surface area contributed by atoms with Crippen molar-refractivity contribution in [2.75, 3.05) is 32.8 Å². The molecule has 3 rings (SSSR count). The summed E-state index contributed by atoms with van der Waals surface area (Å²) in [5.74, 6) is 1.13. The van der Waals surface area contributed by atoms with Gasteiger partial charge in [-0.05, 0) is 65.0 Å². The van der Waals surface area contributed by atoms with Crippen LogP contribution in [-0.2, 0) is 27.3 Å². The van der Waals surface area contributed by atoms with E-state index in [0.29, 0.717) is 45.6 Å². The lowest BCUT2D eigenvalue weighted by Gasteiger charge is -2.35. The van der Waals surface area contributed by atoms with Crippen LogP contribution in [0.2, 0.25) is 0 Å². The van der Waals surface area contributed by atoms with Gasteiger partial charge in [-0.3, -0.25) is 14.5 Å². The number of hydrogen-bond donors (Lipinski definition) is 1. The number of aryl methyl sites for hydroxylation is 1. The monoisotopic (exact) mass is 459 g/mol. The van der Waals surface area contributed by atoms with Gasteiger partial charge in [-0.2, -0.15) is 0 Å². The van der Waals surface area contributed by atoms with Crippen LogP contribution in [0.5, 0.6) is 5.75 Å². The fraction of sp³-hybridized carbons (Fsp3) is 0.692. The van der Waals surface area contributed by atoms with Crippen molar-refractivity contribution in [2.24, 2.45) is 0 Å². The van der Waals surface area contributed by atoms with E-state index in [0.717, 1.165) is 42.7 Å². The fourth-order valence-electron chi connectivity index (χ4n) is 4.54. The maximum absolute atomic E-state index is 12.8. The van der Waals surface area contributed by atoms with Gasteiger partial charge in [-0.1, -0.05) is 12.1 Å². The minimum Gasteiger partial charge on any atom is -0.493 e. The molecule has 0 spiro atoms. The van der Waals surface area contributed by atoms with E-state index in [1.54, 1.807) is 0 Å². The van der Waals surface area contributed by atoms with Crippen LogP contribution in [0.25, 0.3) is 0 Å². The van der Waals surface area contributed by atoms with Crippen LogP contribution in [0.1, 0.15) is 64.5 Å². The van der Waals surface area contributed by atoms with Crippen LogP contribution >= 0.6 is 0 Å². The van der Waals surface area contributed by atoms with Gasteiger partial charge in [0.2, 0.25) is 11.8 Å². The fourth-order valence-corrected chi connectivity index (χ4v) is 4.54. The van der Waals surface area contributed by atoms with Crippen molar-refractivity contribution in [2.45, 2.75) is 84.6 Å². The highest BCUT2D eigenvalue weighted by Gasteiger charge is 2.25. The molecule has 2 unspecified atom stereocenters. The van der Waals surface area contributed by atoms with Gasteiger partial charge in [-0.25, -0.2) is 0 Å². The number of fused-ring (bicyclic) bond motifs is 1. The van der Waals surface area contributed by atoms with Gasteiger partial charge in [-0.15, -0.1) is 0 Å². The third kappa shape index (κ3) is 8.00. The Hall–Kier alpha value is -2.12. The van der Waals surface area contributed by atoms with Crippen molar-refractivity contribution in [1.29, 1.82) is 0 Å². The second-order valence-corrected chi connectivity index (χ2v) is 9.76. The quantitative estimate of drug-likeness (QED) is 0.749. The summed E-state index contributed by atoms with van der Waals surface area (Å²) in [4.78, 5) is 29.3. The Kier molecular flexibility index (Phi) is 9.56. The van der Waals surface area contributed by atoms with E-state index in [1.165, 1.54) is 0 Å². The van der Waals surface area contributed by atoms with Crippen molar-refractivity contribution >= 4 is 11.8 Å². The Morgan fingerprint density at radius 2 is 1.88 bits per heavy atom. The number of nitrogens with one attached hydrogen (secondary N) is 1. The van der Waals surface area contributed by atoms with Crippen molar-refractivity contribution in [3.63, 3.8) is 0 Å². The van der Waals surface area contributed by atoms with Crippen LogP contribution < -0.4 is 10.1 Å². The van der Waals surface area contributed by atoms with Crippen LogP contribution in [0, 0.1) is 0 Å². The van der Waals surface area contributed by atoms with E-state index in [9.17, 15) is 9.59 Å². The Morgan fingerprint density at radius 1 is 1.12 bits per heavy atom. The maximum Gasteiger partial charge on any atom is 0.234 e. The Bertz CT molecular complexity index is 788. The molecular weight excluding hydrogens is 418 g/mol. The summed E-state index contributed by atoms with van der Waals surface area (Å²) >= 11 is 0. The number of amides is 2. The van der Waals surface area contributed by atoms with Gasteiger partial charge in [0.15, 0.2) is 0 Å². The highest BCUT2D eigenvalue weighted by molar-refractivity contribution is 5.78. The van der Waals surface area contributed by atoms with E-state index in [-0.39, 0.29) is 30.1 Å². The average Bonchev–Trinajstić information content (AvgIpc) is 2.77. The number of ether oxygens (including phenoxy) is 2. The number of carbonyl (C=O) groups excluding carboxylic acids is 2. The van der Waals surface area contributed by atoms with Gasteiger partial charge in [0.05, 0.1) is 25.4 Å². The second-order valence-electron chi connectivity index (χ2n) is 9.76. The molecule has 0 bridgehead atoms. The smallest absolute Gasteiger partial charge is 0.234 e. The van der Waals surface area contributed by atoms with Crippen molar-refractivity contribution in [3.05, 3.63) is 29.3 Å². The van der Waals surface area contributed by atoms with Crippen LogP contribution in [0.3, 0.4) is 0 Å². The molecule has 7 nitrogen and oxygen atoms in total. The largest absolute Gasteiger partial charge is 0.493 e. The lowest BCUT2D eigenvalue weighted by atomic mass is 10.0. The van der Waals surface area contributed by atoms with Gasteiger partial charge in [0, 0.05) is 44.2 Å². The molecular formula is C26H41N3O4. The maximum atomic E-state index is 12.8. The Labute approximate surface area is 198 Å². The van der Waals surface area contributed by atoms with Gasteiger partial charge in [0.25, 0.3) is 0 Å². The topological polar surface area (TPSA) is 71.1 Å². The first-order chi connectivity index (χ1) is 15.8. The lowest BCUT2D eigenvalue weighted by molar-refractivity contribution is -0.143. The average molecular weight is 460 g/mol. The molecule has 2 aliphatic heterocycles. The molecule has 0 aromatic heterocycles. The molecule has 1 fully saturated rings. The summed E-state index contributed by atoms with van der Waals surface area (Å²) in [5, 5.41) is 3.04. The SMILES string of the molecule is CC1CN(C(=O)CCc2ccc3c(c2)CN(C(C)C)CC(=O)NCCCCCO3)CC(C)O1. The molecule has 2 amide bonds. The zero-order chi connectivity index (χ0) is 23.8. The Balaban J connectivity index is 1.71. The van der Waals surface area contributed by atoms with Crippen molar-refractivity contribution in [1.82, 2.24) is 15.1 Å². The normalized spacial score (nSPS) is 23.5. The third-order valence-electron chi connectivity index (χ3n) is 6.38. The summed E-state index contributed by atoms with van der Waals surface area (Å²) in [5.41, 5.74) is 2.20. The third-order valence-corrected chi connectivity index (χ3v) is 6.38. The molecule has 1 N–H and O–H groups in total. The highest BCUT2D eigenvalue weighted by atomic mass is 16.5. The number of morpholine rings is 1. The second kappa shape index (κ2) is 12.4. The van der Waals surface area contributed by atoms with Gasteiger partial charge < -0.3 is 19.7 Å². The zero-order valence-corrected chi connectivity index (χ0v) is 20.8. The van der Waals surface area contributed by atoms with Crippen molar-refractivity contribution in [3.8, 4) is 5.75 Å². The molecule has 2 atom stereocenters. The summed E-state index contributed by atoms with van der Waals surface area (Å²) < 4.78 is 11.9. The van der Waals surface area contributed by atoms with Gasteiger partial charge in [0.1, 0.15) is 5.75 Å². The number of nitrogens with zero attached hydrogens (tertiary/aromatic N) is 2. The number of hydrogen-bond acceptors (Lipinski definition) is 5.